The minimum atomic E-state index is -0.143. The number of aromatic nitrogens is 2. The van der Waals surface area contributed by atoms with Crippen molar-refractivity contribution < 1.29 is 14.3 Å². The van der Waals surface area contributed by atoms with Crippen LogP contribution in [0.4, 0.5) is 0 Å². The van der Waals surface area contributed by atoms with Crippen LogP contribution >= 0.6 is 0 Å². The van der Waals surface area contributed by atoms with Gasteiger partial charge in [-0.1, -0.05) is 0 Å². The molecule has 7 heteroatoms. The summed E-state index contributed by atoms with van der Waals surface area (Å²) in [5, 5.41) is 4.32. The normalized spacial score (nSPS) is 22.7. The lowest BCUT2D eigenvalue weighted by Gasteiger charge is -2.45. The van der Waals surface area contributed by atoms with Crippen LogP contribution in [0.15, 0.2) is 6.20 Å². The van der Waals surface area contributed by atoms with E-state index in [1.165, 1.54) is 0 Å². The van der Waals surface area contributed by atoms with E-state index in [-0.39, 0.29) is 17.4 Å². The van der Waals surface area contributed by atoms with E-state index in [2.05, 4.69) is 10.00 Å². The number of rotatable bonds is 3. The minimum Gasteiger partial charge on any atom is -0.381 e. The van der Waals surface area contributed by atoms with Gasteiger partial charge in [-0.25, -0.2) is 0 Å². The minimum absolute atomic E-state index is 0.0372. The summed E-state index contributed by atoms with van der Waals surface area (Å²) in [5.74, 6) is 0.535. The van der Waals surface area contributed by atoms with E-state index in [9.17, 15) is 9.59 Å². The van der Waals surface area contributed by atoms with Crippen molar-refractivity contribution in [2.45, 2.75) is 58.0 Å². The van der Waals surface area contributed by atoms with E-state index in [1.807, 2.05) is 23.4 Å². The van der Waals surface area contributed by atoms with Crippen molar-refractivity contribution in [3.05, 3.63) is 17.5 Å². The molecule has 0 N–H and O–H groups in total. The highest BCUT2D eigenvalue weighted by Crippen LogP contribution is 2.39. The number of hydrogen-bond acceptors (Lipinski definition) is 4. The maximum absolute atomic E-state index is 13.1. The largest absolute Gasteiger partial charge is 0.381 e. The van der Waals surface area contributed by atoms with Crippen molar-refractivity contribution in [1.29, 1.82) is 0 Å². The van der Waals surface area contributed by atoms with Crippen LogP contribution in [0.2, 0.25) is 0 Å². The van der Waals surface area contributed by atoms with Crippen LogP contribution < -0.4 is 0 Å². The molecule has 1 aliphatic carbocycles. The summed E-state index contributed by atoms with van der Waals surface area (Å²) in [4.78, 5) is 30.2. The number of aryl methyl sites for hydroxylation is 1. The van der Waals surface area contributed by atoms with Gasteiger partial charge < -0.3 is 14.5 Å². The highest BCUT2D eigenvalue weighted by molar-refractivity contribution is 5.95. The monoisotopic (exact) mass is 374 g/mol. The maximum atomic E-state index is 13.1. The molecule has 0 aromatic carbocycles. The van der Waals surface area contributed by atoms with Gasteiger partial charge in [0.15, 0.2) is 0 Å². The Morgan fingerprint density at radius 2 is 1.93 bits per heavy atom. The van der Waals surface area contributed by atoms with Crippen LogP contribution in [0, 0.1) is 12.8 Å². The first-order chi connectivity index (χ1) is 13.1. The van der Waals surface area contributed by atoms with E-state index in [0.717, 1.165) is 44.3 Å². The second-order valence-electron chi connectivity index (χ2n) is 8.10. The zero-order valence-corrected chi connectivity index (χ0v) is 16.4. The number of hydrogen-bond donors (Lipinski definition) is 0. The summed E-state index contributed by atoms with van der Waals surface area (Å²) >= 11 is 0. The van der Waals surface area contributed by atoms with Gasteiger partial charge >= 0.3 is 0 Å². The van der Waals surface area contributed by atoms with Crippen molar-refractivity contribution >= 4 is 11.8 Å². The molecule has 148 valence electrons. The Labute approximate surface area is 160 Å². The summed E-state index contributed by atoms with van der Waals surface area (Å²) in [7, 11) is 0. The molecule has 1 aromatic heterocycles. The van der Waals surface area contributed by atoms with E-state index in [4.69, 9.17) is 4.74 Å². The van der Waals surface area contributed by atoms with E-state index < -0.39 is 0 Å². The molecule has 2 amide bonds. The van der Waals surface area contributed by atoms with Crippen molar-refractivity contribution in [1.82, 2.24) is 19.6 Å². The smallest absolute Gasteiger partial charge is 0.257 e. The Kier molecular flexibility index (Phi) is 4.97. The lowest BCUT2D eigenvalue weighted by Crippen LogP contribution is -2.55. The lowest BCUT2D eigenvalue weighted by atomic mass is 9.84. The van der Waals surface area contributed by atoms with Gasteiger partial charge in [-0.05, 0) is 46.0 Å². The molecule has 3 aliphatic rings. The van der Waals surface area contributed by atoms with Crippen LogP contribution in [0.1, 0.15) is 55.1 Å². The van der Waals surface area contributed by atoms with Gasteiger partial charge in [0.1, 0.15) is 0 Å². The van der Waals surface area contributed by atoms with Crippen molar-refractivity contribution in [3.8, 4) is 0 Å². The standard InChI is InChI=1S/C20H30N4O3/c1-3-24-15(2)17(14-21-24)19(26)22-9-6-20(7-12-27-13-8-20)23(11-10-22)18(25)16-4-5-16/h14,16H,3-13H2,1-2H3. The third-order valence-corrected chi connectivity index (χ3v) is 6.55. The third kappa shape index (κ3) is 3.37. The first-order valence-corrected chi connectivity index (χ1v) is 10.3. The summed E-state index contributed by atoms with van der Waals surface area (Å²) in [6, 6.07) is 0. The fraction of sp³-hybridized carbons (Fsp3) is 0.750. The molecule has 4 rings (SSSR count). The molecule has 3 heterocycles. The summed E-state index contributed by atoms with van der Waals surface area (Å²) in [6.07, 6.45) is 6.30. The van der Waals surface area contributed by atoms with Gasteiger partial charge in [-0.15, -0.1) is 0 Å². The van der Waals surface area contributed by atoms with Gasteiger partial charge in [0.2, 0.25) is 5.91 Å². The third-order valence-electron chi connectivity index (χ3n) is 6.55. The first kappa shape index (κ1) is 18.5. The molecule has 2 aliphatic heterocycles. The van der Waals surface area contributed by atoms with E-state index in [1.54, 1.807) is 6.20 Å². The van der Waals surface area contributed by atoms with Crippen molar-refractivity contribution in [3.63, 3.8) is 0 Å². The Hall–Kier alpha value is -1.89. The second kappa shape index (κ2) is 7.26. The second-order valence-corrected chi connectivity index (χ2v) is 8.10. The molecule has 0 radical (unpaired) electrons. The highest BCUT2D eigenvalue weighted by atomic mass is 16.5. The number of nitrogens with zero attached hydrogens (tertiary/aromatic N) is 4. The Balaban J connectivity index is 1.55. The van der Waals surface area contributed by atoms with Crippen LogP contribution in [-0.2, 0) is 16.1 Å². The average Bonchev–Trinajstić information content (AvgIpc) is 3.48. The molecule has 7 nitrogen and oxygen atoms in total. The fourth-order valence-electron chi connectivity index (χ4n) is 4.56. The van der Waals surface area contributed by atoms with E-state index in [0.29, 0.717) is 44.3 Å². The number of amides is 2. The van der Waals surface area contributed by atoms with Crippen LogP contribution in [0.3, 0.4) is 0 Å². The average molecular weight is 374 g/mol. The topological polar surface area (TPSA) is 67.7 Å². The SMILES string of the molecule is CCn1ncc(C(=O)N2CCN(C(=O)C3CC3)C3(CCOCC3)CC2)c1C. The predicted octanol–water partition coefficient (Wildman–Crippen LogP) is 1.85. The molecule has 1 aromatic rings. The number of carbonyl (C=O) groups excluding carboxylic acids is 2. The fourth-order valence-corrected chi connectivity index (χ4v) is 4.56. The zero-order chi connectivity index (χ0) is 19.0. The van der Waals surface area contributed by atoms with Gasteiger partial charge in [-0.2, -0.15) is 5.10 Å². The highest BCUT2D eigenvalue weighted by Gasteiger charge is 2.46. The number of carbonyl (C=O) groups is 2. The van der Waals surface area contributed by atoms with Gasteiger partial charge in [0.25, 0.3) is 5.91 Å². The summed E-state index contributed by atoms with van der Waals surface area (Å²) in [5.41, 5.74) is 1.45. The Bertz CT molecular complexity index is 719. The molecule has 1 spiro atoms. The van der Waals surface area contributed by atoms with Gasteiger partial charge in [0, 0.05) is 56.5 Å². The number of ether oxygens (including phenoxy) is 1. The molecular weight excluding hydrogens is 344 g/mol. The van der Waals surface area contributed by atoms with Gasteiger partial charge in [-0.3, -0.25) is 14.3 Å². The van der Waals surface area contributed by atoms with Crippen molar-refractivity contribution in [2.24, 2.45) is 5.92 Å². The quantitative estimate of drug-likeness (QED) is 0.810. The molecule has 0 atom stereocenters. The zero-order valence-electron chi connectivity index (χ0n) is 16.4. The van der Waals surface area contributed by atoms with E-state index >= 15 is 0 Å². The molecule has 3 fully saturated rings. The molecule has 2 saturated heterocycles. The van der Waals surface area contributed by atoms with Crippen LogP contribution in [0.25, 0.3) is 0 Å². The molecule has 1 saturated carbocycles. The summed E-state index contributed by atoms with van der Waals surface area (Å²) < 4.78 is 7.44. The first-order valence-electron chi connectivity index (χ1n) is 10.3. The molecule has 27 heavy (non-hydrogen) atoms. The molecular formula is C20H30N4O3. The van der Waals surface area contributed by atoms with Gasteiger partial charge in [0.05, 0.1) is 11.8 Å². The lowest BCUT2D eigenvalue weighted by molar-refractivity contribution is -0.143. The predicted molar refractivity (Wildman–Crippen MR) is 100 cm³/mol. The molecule has 0 bridgehead atoms. The maximum Gasteiger partial charge on any atom is 0.257 e. The molecule has 0 unspecified atom stereocenters. The van der Waals surface area contributed by atoms with Crippen LogP contribution in [-0.4, -0.2) is 69.8 Å². The Morgan fingerprint density at radius 1 is 1.19 bits per heavy atom. The Morgan fingerprint density at radius 3 is 2.56 bits per heavy atom. The summed E-state index contributed by atoms with van der Waals surface area (Å²) in [6.45, 7) is 8.03. The van der Waals surface area contributed by atoms with Crippen molar-refractivity contribution in [2.75, 3.05) is 32.8 Å². The van der Waals surface area contributed by atoms with Crippen LogP contribution in [0.5, 0.6) is 0 Å².